The van der Waals surface area contributed by atoms with Gasteiger partial charge in [0.1, 0.15) is 12.4 Å². The number of hydrogen-bond donors (Lipinski definition) is 3. The topological polar surface area (TPSA) is 95.5 Å². The first-order valence-electron chi connectivity index (χ1n) is 5.43. The van der Waals surface area contributed by atoms with Gasteiger partial charge in [0.25, 0.3) is 5.91 Å². The highest BCUT2D eigenvalue weighted by Gasteiger charge is 2.13. The van der Waals surface area contributed by atoms with Crippen LogP contribution in [0.4, 0.5) is 4.39 Å². The lowest BCUT2D eigenvalue weighted by Gasteiger charge is -2.07. The second-order valence-electron chi connectivity index (χ2n) is 3.84. The second-order valence-corrected chi connectivity index (χ2v) is 3.84. The number of carboxylic acid groups (broad SMARTS) is 1. The van der Waals surface area contributed by atoms with Crippen molar-refractivity contribution in [3.63, 3.8) is 0 Å². The molecule has 0 fully saturated rings. The minimum Gasteiger partial charge on any atom is -0.480 e. The number of aliphatic carboxylic acids is 1. The summed E-state index contributed by atoms with van der Waals surface area (Å²) in [4.78, 5) is 33.0. The summed E-state index contributed by atoms with van der Waals surface area (Å²) in [5.41, 5.74) is 0.549. The van der Waals surface area contributed by atoms with Gasteiger partial charge >= 0.3 is 5.97 Å². The average molecular weight is 268 g/mol. The quantitative estimate of drug-likeness (QED) is 0.704. The summed E-state index contributed by atoms with van der Waals surface area (Å²) >= 11 is 0. The molecule has 7 heteroatoms. The number of halogens is 1. The molecule has 0 saturated carbocycles. The number of carbonyl (C=O) groups excluding carboxylic acids is 2. The van der Waals surface area contributed by atoms with E-state index in [-0.39, 0.29) is 5.56 Å². The zero-order valence-electron chi connectivity index (χ0n) is 10.2. The molecule has 0 spiro atoms. The van der Waals surface area contributed by atoms with Crippen molar-refractivity contribution >= 4 is 17.8 Å². The van der Waals surface area contributed by atoms with Gasteiger partial charge in [-0.2, -0.15) is 0 Å². The molecule has 0 aromatic heterocycles. The smallest absolute Gasteiger partial charge is 0.322 e. The standard InChI is InChI=1S/C12H13FN2O4/c1-7-2-3-9(13)8(4-7)12(19)15-5-10(16)14-6-11(17)18/h2-4H,5-6H2,1H3,(H,14,16)(H,15,19)(H,17,18). The molecule has 1 aromatic rings. The first kappa shape index (κ1) is 14.6. The number of hydrogen-bond acceptors (Lipinski definition) is 3. The van der Waals surface area contributed by atoms with Crippen LogP contribution >= 0.6 is 0 Å². The Morgan fingerprint density at radius 3 is 2.53 bits per heavy atom. The minimum absolute atomic E-state index is 0.161. The highest BCUT2D eigenvalue weighted by molar-refractivity contribution is 5.97. The number of carboxylic acids is 1. The number of carbonyl (C=O) groups is 3. The summed E-state index contributed by atoms with van der Waals surface area (Å²) in [6.07, 6.45) is 0. The van der Waals surface area contributed by atoms with E-state index in [9.17, 15) is 18.8 Å². The van der Waals surface area contributed by atoms with E-state index < -0.39 is 36.7 Å². The van der Waals surface area contributed by atoms with Gasteiger partial charge in [0, 0.05) is 0 Å². The SMILES string of the molecule is Cc1ccc(F)c(C(=O)NCC(=O)NCC(=O)O)c1. The van der Waals surface area contributed by atoms with E-state index in [1.54, 1.807) is 6.92 Å². The van der Waals surface area contributed by atoms with E-state index in [1.165, 1.54) is 12.1 Å². The van der Waals surface area contributed by atoms with Gasteiger partial charge in [0.05, 0.1) is 12.1 Å². The molecule has 102 valence electrons. The van der Waals surface area contributed by atoms with Crippen molar-refractivity contribution in [2.24, 2.45) is 0 Å². The Bertz CT molecular complexity index is 516. The highest BCUT2D eigenvalue weighted by atomic mass is 19.1. The molecule has 1 rings (SSSR count). The fourth-order valence-electron chi connectivity index (χ4n) is 1.31. The van der Waals surface area contributed by atoms with Crippen LogP contribution in [0, 0.1) is 12.7 Å². The number of aryl methyl sites for hydroxylation is 1. The van der Waals surface area contributed by atoms with Gasteiger partial charge in [0.2, 0.25) is 5.91 Å². The number of benzene rings is 1. The molecule has 0 radical (unpaired) electrons. The molecule has 0 aliphatic carbocycles. The molecular formula is C12H13FN2O4. The Kier molecular flexibility index (Phi) is 4.99. The van der Waals surface area contributed by atoms with Crippen molar-refractivity contribution < 1.29 is 23.9 Å². The van der Waals surface area contributed by atoms with Crippen LogP contribution in [0.5, 0.6) is 0 Å². The van der Waals surface area contributed by atoms with E-state index in [2.05, 4.69) is 10.6 Å². The molecule has 3 N–H and O–H groups in total. The fraction of sp³-hybridized carbons (Fsp3) is 0.250. The van der Waals surface area contributed by atoms with Crippen LogP contribution in [-0.4, -0.2) is 36.0 Å². The Balaban J connectivity index is 2.53. The van der Waals surface area contributed by atoms with Gasteiger partial charge < -0.3 is 15.7 Å². The first-order valence-corrected chi connectivity index (χ1v) is 5.43. The number of amides is 2. The summed E-state index contributed by atoms with van der Waals surface area (Å²) in [6, 6.07) is 4.04. The van der Waals surface area contributed by atoms with E-state index in [4.69, 9.17) is 5.11 Å². The molecule has 0 aliphatic heterocycles. The molecule has 0 atom stereocenters. The third kappa shape index (κ3) is 4.74. The van der Waals surface area contributed by atoms with E-state index >= 15 is 0 Å². The lowest BCUT2D eigenvalue weighted by atomic mass is 10.1. The average Bonchev–Trinajstić information content (AvgIpc) is 2.36. The van der Waals surface area contributed by atoms with E-state index in [1.807, 2.05) is 0 Å². The minimum atomic E-state index is -1.19. The molecule has 2 amide bonds. The van der Waals surface area contributed by atoms with Gasteiger partial charge in [-0.25, -0.2) is 4.39 Å². The maximum atomic E-state index is 13.4. The maximum absolute atomic E-state index is 13.4. The summed E-state index contributed by atoms with van der Waals surface area (Å²) in [5, 5.41) is 12.6. The third-order valence-corrected chi connectivity index (χ3v) is 2.21. The van der Waals surface area contributed by atoms with Crippen molar-refractivity contribution in [3.05, 3.63) is 35.1 Å². The summed E-state index contributed by atoms with van der Waals surface area (Å²) in [5.74, 6) is -3.27. The van der Waals surface area contributed by atoms with Crippen LogP contribution < -0.4 is 10.6 Å². The fourth-order valence-corrected chi connectivity index (χ4v) is 1.31. The lowest BCUT2D eigenvalue weighted by Crippen LogP contribution is -2.39. The highest BCUT2D eigenvalue weighted by Crippen LogP contribution is 2.09. The Morgan fingerprint density at radius 2 is 1.89 bits per heavy atom. The number of rotatable bonds is 5. The second kappa shape index (κ2) is 6.48. The Labute approximate surface area is 108 Å². The zero-order chi connectivity index (χ0) is 14.4. The van der Waals surface area contributed by atoms with Crippen LogP contribution in [0.1, 0.15) is 15.9 Å². The van der Waals surface area contributed by atoms with Crippen molar-refractivity contribution in [2.75, 3.05) is 13.1 Å². The maximum Gasteiger partial charge on any atom is 0.322 e. The van der Waals surface area contributed by atoms with Crippen molar-refractivity contribution in [2.45, 2.75) is 6.92 Å². The van der Waals surface area contributed by atoms with Gasteiger partial charge in [-0.15, -0.1) is 0 Å². The monoisotopic (exact) mass is 268 g/mol. The number of nitrogens with one attached hydrogen (secondary N) is 2. The predicted octanol–water partition coefficient (Wildman–Crippen LogP) is 0.0647. The molecule has 19 heavy (non-hydrogen) atoms. The zero-order valence-corrected chi connectivity index (χ0v) is 10.2. The summed E-state index contributed by atoms with van der Waals surface area (Å²) in [6.45, 7) is 0.753. The van der Waals surface area contributed by atoms with Crippen molar-refractivity contribution in [1.82, 2.24) is 10.6 Å². The summed E-state index contributed by atoms with van der Waals surface area (Å²) in [7, 11) is 0. The van der Waals surface area contributed by atoms with Gasteiger partial charge in [-0.1, -0.05) is 11.6 Å². The predicted molar refractivity (Wildman–Crippen MR) is 64.1 cm³/mol. The summed E-state index contributed by atoms with van der Waals surface area (Å²) < 4.78 is 13.4. The first-order chi connectivity index (χ1) is 8.90. The van der Waals surface area contributed by atoms with Gasteiger partial charge in [0.15, 0.2) is 0 Å². The molecule has 1 aromatic carbocycles. The Hall–Kier alpha value is -2.44. The van der Waals surface area contributed by atoms with Crippen LogP contribution in [0.15, 0.2) is 18.2 Å². The molecule has 0 saturated heterocycles. The van der Waals surface area contributed by atoms with Gasteiger partial charge in [-0.05, 0) is 19.1 Å². The van der Waals surface area contributed by atoms with Crippen LogP contribution in [-0.2, 0) is 9.59 Å². The van der Waals surface area contributed by atoms with E-state index in [0.717, 1.165) is 6.07 Å². The van der Waals surface area contributed by atoms with Crippen LogP contribution in [0.3, 0.4) is 0 Å². The Morgan fingerprint density at radius 1 is 1.21 bits per heavy atom. The molecule has 0 heterocycles. The van der Waals surface area contributed by atoms with Gasteiger partial charge in [-0.3, -0.25) is 14.4 Å². The molecular weight excluding hydrogens is 255 g/mol. The molecule has 0 bridgehead atoms. The van der Waals surface area contributed by atoms with Crippen LogP contribution in [0.25, 0.3) is 0 Å². The van der Waals surface area contributed by atoms with Crippen LogP contribution in [0.2, 0.25) is 0 Å². The third-order valence-electron chi connectivity index (χ3n) is 2.21. The molecule has 6 nitrogen and oxygen atoms in total. The lowest BCUT2D eigenvalue weighted by molar-refractivity contribution is -0.137. The largest absolute Gasteiger partial charge is 0.480 e. The van der Waals surface area contributed by atoms with Crippen molar-refractivity contribution in [3.8, 4) is 0 Å². The normalized spacial score (nSPS) is 9.79. The van der Waals surface area contributed by atoms with E-state index in [0.29, 0.717) is 5.56 Å². The van der Waals surface area contributed by atoms with Crippen molar-refractivity contribution in [1.29, 1.82) is 0 Å². The molecule has 0 unspecified atom stereocenters. The molecule has 0 aliphatic rings.